The van der Waals surface area contributed by atoms with Crippen molar-refractivity contribution in [2.24, 2.45) is 11.3 Å². The summed E-state index contributed by atoms with van der Waals surface area (Å²) in [6.07, 6.45) is 0. The highest BCUT2D eigenvalue weighted by Crippen LogP contribution is 2.63. The Morgan fingerprint density at radius 1 is 1.40 bits per heavy atom. The third-order valence-electron chi connectivity index (χ3n) is 3.79. The Kier molecular flexibility index (Phi) is 2.91. The number of nitriles is 1. The Morgan fingerprint density at radius 2 is 2.15 bits per heavy atom. The van der Waals surface area contributed by atoms with Crippen molar-refractivity contribution in [2.75, 3.05) is 0 Å². The van der Waals surface area contributed by atoms with E-state index in [9.17, 15) is 4.39 Å². The van der Waals surface area contributed by atoms with Crippen molar-refractivity contribution >= 4 is 15.9 Å². The molecule has 2 unspecified atom stereocenters. The van der Waals surface area contributed by atoms with Crippen LogP contribution in [0.4, 0.5) is 4.39 Å². The maximum absolute atomic E-state index is 13.4. The van der Waals surface area contributed by atoms with Gasteiger partial charge in [-0.2, -0.15) is 10.2 Å². The van der Waals surface area contributed by atoms with Crippen molar-refractivity contribution in [3.63, 3.8) is 0 Å². The summed E-state index contributed by atoms with van der Waals surface area (Å²) < 4.78 is 19.2. The van der Waals surface area contributed by atoms with Crippen LogP contribution < -0.4 is 0 Å². The number of aromatic nitrogens is 2. The second kappa shape index (κ2) is 4.38. The summed E-state index contributed by atoms with van der Waals surface area (Å²) in [7, 11) is 0. The third kappa shape index (κ3) is 2.02. The summed E-state index contributed by atoms with van der Waals surface area (Å²) in [4.78, 5) is 4.30. The first-order valence-corrected chi connectivity index (χ1v) is 6.92. The maximum Gasteiger partial charge on any atom is 0.232 e. The Bertz CT molecular complexity index is 699. The molecule has 6 heteroatoms. The van der Waals surface area contributed by atoms with E-state index in [-0.39, 0.29) is 23.1 Å². The summed E-state index contributed by atoms with van der Waals surface area (Å²) >= 11 is 3.23. The number of nitrogens with zero attached hydrogens (tertiary/aromatic N) is 3. The zero-order valence-corrected chi connectivity index (χ0v) is 12.5. The van der Waals surface area contributed by atoms with Crippen molar-refractivity contribution in [1.29, 1.82) is 5.26 Å². The molecule has 0 spiro atoms. The van der Waals surface area contributed by atoms with Gasteiger partial charge in [-0.15, -0.1) is 0 Å². The van der Waals surface area contributed by atoms with Gasteiger partial charge in [-0.1, -0.05) is 34.9 Å². The highest BCUT2D eigenvalue weighted by molar-refractivity contribution is 9.10. The fourth-order valence-electron chi connectivity index (χ4n) is 2.50. The Hall–Kier alpha value is -1.74. The molecule has 1 aromatic heterocycles. The number of rotatable bonds is 2. The zero-order valence-electron chi connectivity index (χ0n) is 10.9. The molecule has 1 aliphatic carbocycles. The van der Waals surface area contributed by atoms with Crippen LogP contribution in [0.1, 0.15) is 25.7 Å². The Morgan fingerprint density at radius 3 is 2.75 bits per heavy atom. The van der Waals surface area contributed by atoms with E-state index in [2.05, 4.69) is 32.1 Å². The second-order valence-electron chi connectivity index (χ2n) is 5.52. The van der Waals surface area contributed by atoms with Crippen LogP contribution in [0, 0.1) is 28.5 Å². The standard InChI is InChI=1S/C14H11BrFN3O/c1-14(2)10(6-17)11(14)13-18-12(19-20-13)7-3-8(15)5-9(16)4-7/h3-5,10-11H,1-2H3. The molecule has 3 rings (SSSR count). The largest absolute Gasteiger partial charge is 0.339 e. The van der Waals surface area contributed by atoms with Crippen LogP contribution in [-0.2, 0) is 0 Å². The molecule has 102 valence electrons. The van der Waals surface area contributed by atoms with Gasteiger partial charge in [0.15, 0.2) is 0 Å². The Balaban J connectivity index is 1.94. The van der Waals surface area contributed by atoms with Gasteiger partial charge in [-0.3, -0.25) is 0 Å². The molecular formula is C14H11BrFN3O. The van der Waals surface area contributed by atoms with E-state index in [0.717, 1.165) is 0 Å². The fraction of sp³-hybridized carbons (Fsp3) is 0.357. The molecular weight excluding hydrogens is 325 g/mol. The van der Waals surface area contributed by atoms with E-state index in [0.29, 0.717) is 21.8 Å². The van der Waals surface area contributed by atoms with Crippen LogP contribution >= 0.6 is 15.9 Å². The SMILES string of the molecule is CC1(C)C(C#N)C1c1nc(-c2cc(F)cc(Br)c2)no1. The normalized spacial score (nSPS) is 23.4. The molecule has 1 aromatic carbocycles. The highest BCUT2D eigenvalue weighted by atomic mass is 79.9. The lowest BCUT2D eigenvalue weighted by Gasteiger charge is -1.97. The van der Waals surface area contributed by atoms with Gasteiger partial charge >= 0.3 is 0 Å². The summed E-state index contributed by atoms with van der Waals surface area (Å²) in [6, 6.07) is 6.68. The van der Waals surface area contributed by atoms with Gasteiger partial charge in [-0.25, -0.2) is 4.39 Å². The van der Waals surface area contributed by atoms with Crippen LogP contribution in [0.2, 0.25) is 0 Å². The topological polar surface area (TPSA) is 62.7 Å². The third-order valence-corrected chi connectivity index (χ3v) is 4.25. The fourth-order valence-corrected chi connectivity index (χ4v) is 2.97. The minimum atomic E-state index is -0.373. The quantitative estimate of drug-likeness (QED) is 0.834. The monoisotopic (exact) mass is 335 g/mol. The zero-order chi connectivity index (χ0) is 14.5. The van der Waals surface area contributed by atoms with E-state index in [1.807, 2.05) is 13.8 Å². The number of benzene rings is 1. The van der Waals surface area contributed by atoms with Gasteiger partial charge in [0.25, 0.3) is 0 Å². The van der Waals surface area contributed by atoms with E-state index in [4.69, 9.17) is 9.78 Å². The molecule has 20 heavy (non-hydrogen) atoms. The molecule has 2 atom stereocenters. The lowest BCUT2D eigenvalue weighted by Crippen LogP contribution is -1.90. The number of hydrogen-bond acceptors (Lipinski definition) is 4. The maximum atomic E-state index is 13.4. The molecule has 0 amide bonds. The first-order chi connectivity index (χ1) is 9.43. The molecule has 1 fully saturated rings. The molecule has 1 heterocycles. The minimum Gasteiger partial charge on any atom is -0.339 e. The van der Waals surface area contributed by atoms with Crippen molar-refractivity contribution in [2.45, 2.75) is 19.8 Å². The second-order valence-corrected chi connectivity index (χ2v) is 6.44. The average Bonchev–Trinajstić information content (AvgIpc) is 2.74. The van der Waals surface area contributed by atoms with E-state index < -0.39 is 0 Å². The van der Waals surface area contributed by atoms with Crippen LogP contribution in [0.3, 0.4) is 0 Å². The van der Waals surface area contributed by atoms with Gasteiger partial charge in [0.1, 0.15) is 5.82 Å². The first-order valence-electron chi connectivity index (χ1n) is 6.13. The predicted molar refractivity (Wildman–Crippen MR) is 73.0 cm³/mol. The molecule has 0 aliphatic heterocycles. The van der Waals surface area contributed by atoms with Gasteiger partial charge in [0.2, 0.25) is 11.7 Å². The first kappa shape index (κ1) is 13.3. The van der Waals surface area contributed by atoms with Gasteiger partial charge in [-0.05, 0) is 23.6 Å². The van der Waals surface area contributed by atoms with Crippen molar-refractivity contribution in [1.82, 2.24) is 10.1 Å². The smallest absolute Gasteiger partial charge is 0.232 e. The van der Waals surface area contributed by atoms with Crippen LogP contribution in [-0.4, -0.2) is 10.1 Å². The summed E-state index contributed by atoms with van der Waals surface area (Å²) in [5, 5.41) is 13.0. The van der Waals surface area contributed by atoms with Crippen LogP contribution in [0.25, 0.3) is 11.4 Å². The van der Waals surface area contributed by atoms with Gasteiger partial charge in [0, 0.05) is 10.0 Å². The molecule has 2 aromatic rings. The molecule has 0 radical (unpaired) electrons. The summed E-state index contributed by atoms with van der Waals surface area (Å²) in [5.41, 5.74) is 0.389. The lowest BCUT2D eigenvalue weighted by atomic mass is 10.1. The summed E-state index contributed by atoms with van der Waals surface area (Å²) in [5.74, 6) is 0.236. The summed E-state index contributed by atoms with van der Waals surface area (Å²) in [6.45, 7) is 3.99. The lowest BCUT2D eigenvalue weighted by molar-refractivity contribution is 0.368. The molecule has 1 aliphatic rings. The average molecular weight is 336 g/mol. The van der Waals surface area contributed by atoms with Crippen LogP contribution in [0.15, 0.2) is 27.2 Å². The minimum absolute atomic E-state index is 0.0502. The molecule has 1 saturated carbocycles. The number of hydrogen-bond donors (Lipinski definition) is 0. The molecule has 0 saturated heterocycles. The van der Waals surface area contributed by atoms with Crippen LogP contribution in [0.5, 0.6) is 0 Å². The van der Waals surface area contributed by atoms with Crippen molar-refractivity contribution < 1.29 is 8.91 Å². The Labute approximate surface area is 123 Å². The van der Waals surface area contributed by atoms with Gasteiger partial charge in [0.05, 0.1) is 17.9 Å². The van der Waals surface area contributed by atoms with E-state index in [1.54, 1.807) is 6.07 Å². The van der Waals surface area contributed by atoms with Crippen molar-refractivity contribution in [3.8, 4) is 17.5 Å². The molecule has 0 N–H and O–H groups in total. The molecule has 4 nitrogen and oxygen atoms in total. The predicted octanol–water partition coefficient (Wildman–Crippen LogP) is 3.90. The number of halogens is 2. The van der Waals surface area contributed by atoms with E-state index >= 15 is 0 Å². The molecule has 0 bridgehead atoms. The highest BCUT2D eigenvalue weighted by Gasteiger charge is 2.62. The van der Waals surface area contributed by atoms with E-state index in [1.165, 1.54) is 12.1 Å². The van der Waals surface area contributed by atoms with Gasteiger partial charge < -0.3 is 4.52 Å². The van der Waals surface area contributed by atoms with Crippen molar-refractivity contribution in [3.05, 3.63) is 34.4 Å².